The van der Waals surface area contributed by atoms with Crippen LogP contribution in [-0.2, 0) is 4.79 Å². The standard InChI is InChI=1S/C13H24N2O.ClH/c1-12(2)9-5-6-13(12,3)10(7-9)15-11(16)8-14-4;/h9-10,14H,5-8H2,1-4H3,(H,15,16);1H. The van der Waals surface area contributed by atoms with E-state index in [2.05, 4.69) is 31.4 Å². The van der Waals surface area contributed by atoms with Gasteiger partial charge in [0, 0.05) is 6.04 Å². The molecule has 3 atom stereocenters. The first-order chi connectivity index (χ1) is 7.41. The Hall–Kier alpha value is -0.280. The van der Waals surface area contributed by atoms with Crippen LogP contribution in [0, 0.1) is 16.7 Å². The Kier molecular flexibility index (Phi) is 4.15. The maximum Gasteiger partial charge on any atom is 0.234 e. The molecule has 100 valence electrons. The van der Waals surface area contributed by atoms with Crippen LogP contribution in [0.5, 0.6) is 0 Å². The van der Waals surface area contributed by atoms with E-state index in [4.69, 9.17) is 0 Å². The minimum Gasteiger partial charge on any atom is -0.352 e. The molecule has 0 aromatic rings. The van der Waals surface area contributed by atoms with Crippen molar-refractivity contribution < 1.29 is 4.79 Å². The minimum absolute atomic E-state index is 0. The fourth-order valence-electron chi connectivity index (χ4n) is 3.83. The van der Waals surface area contributed by atoms with Gasteiger partial charge in [0.05, 0.1) is 6.54 Å². The Morgan fingerprint density at radius 2 is 2.00 bits per heavy atom. The fraction of sp³-hybridized carbons (Fsp3) is 0.923. The summed E-state index contributed by atoms with van der Waals surface area (Å²) in [6.45, 7) is 7.52. The molecule has 17 heavy (non-hydrogen) atoms. The second kappa shape index (κ2) is 4.77. The molecule has 2 N–H and O–H groups in total. The second-order valence-corrected chi connectivity index (χ2v) is 6.26. The van der Waals surface area contributed by atoms with E-state index in [1.165, 1.54) is 19.3 Å². The number of fused-ring (bicyclic) bond motifs is 2. The summed E-state index contributed by atoms with van der Waals surface area (Å²) in [5.41, 5.74) is 0.672. The lowest BCUT2D eigenvalue weighted by Crippen LogP contribution is -2.48. The molecule has 2 aliphatic rings. The maximum atomic E-state index is 11.7. The van der Waals surface area contributed by atoms with Crippen molar-refractivity contribution in [3.8, 4) is 0 Å². The average Bonchev–Trinajstić information content (AvgIpc) is 2.51. The molecule has 0 saturated heterocycles. The van der Waals surface area contributed by atoms with Crippen LogP contribution in [0.15, 0.2) is 0 Å². The van der Waals surface area contributed by atoms with Crippen LogP contribution in [0.3, 0.4) is 0 Å². The molecule has 0 aromatic carbocycles. The molecule has 1 amide bonds. The van der Waals surface area contributed by atoms with Crippen LogP contribution in [0.2, 0.25) is 0 Å². The highest BCUT2D eigenvalue weighted by atomic mass is 35.5. The number of nitrogens with one attached hydrogen (secondary N) is 2. The van der Waals surface area contributed by atoms with Gasteiger partial charge in [-0.05, 0) is 43.1 Å². The summed E-state index contributed by atoms with van der Waals surface area (Å²) >= 11 is 0. The predicted molar refractivity (Wildman–Crippen MR) is 72.3 cm³/mol. The number of carbonyl (C=O) groups is 1. The molecule has 2 bridgehead atoms. The first-order valence-corrected chi connectivity index (χ1v) is 6.36. The molecule has 2 aliphatic carbocycles. The van der Waals surface area contributed by atoms with Gasteiger partial charge in [-0.2, -0.15) is 0 Å². The van der Waals surface area contributed by atoms with Gasteiger partial charge in [0.2, 0.25) is 5.91 Å². The molecule has 0 aliphatic heterocycles. The molecular formula is C13H25ClN2O. The van der Waals surface area contributed by atoms with E-state index in [1.807, 2.05) is 7.05 Å². The normalized spacial score (nSPS) is 37.6. The van der Waals surface area contributed by atoms with Crippen LogP contribution in [-0.4, -0.2) is 25.5 Å². The molecule has 3 unspecified atom stereocenters. The van der Waals surface area contributed by atoms with Crippen LogP contribution < -0.4 is 10.6 Å². The summed E-state index contributed by atoms with van der Waals surface area (Å²) in [6, 6.07) is 0.377. The summed E-state index contributed by atoms with van der Waals surface area (Å²) < 4.78 is 0. The molecule has 4 heteroatoms. The molecular weight excluding hydrogens is 236 g/mol. The van der Waals surface area contributed by atoms with Crippen LogP contribution in [0.1, 0.15) is 40.0 Å². The first kappa shape index (κ1) is 14.8. The van der Waals surface area contributed by atoms with Gasteiger partial charge in [-0.15, -0.1) is 12.4 Å². The van der Waals surface area contributed by atoms with Gasteiger partial charge < -0.3 is 10.6 Å². The summed E-state index contributed by atoms with van der Waals surface area (Å²) in [5.74, 6) is 0.925. The van der Waals surface area contributed by atoms with Crippen molar-refractivity contribution in [2.24, 2.45) is 16.7 Å². The predicted octanol–water partition coefficient (Wildman–Crippen LogP) is 1.96. The minimum atomic E-state index is 0. The van der Waals surface area contributed by atoms with Gasteiger partial charge >= 0.3 is 0 Å². The van der Waals surface area contributed by atoms with Crippen LogP contribution in [0.25, 0.3) is 0 Å². The van der Waals surface area contributed by atoms with Crippen molar-refractivity contribution in [2.45, 2.75) is 46.1 Å². The summed E-state index contributed by atoms with van der Waals surface area (Å²) in [6.07, 6.45) is 3.76. The van der Waals surface area contributed by atoms with Crippen LogP contribution in [0.4, 0.5) is 0 Å². The number of halogens is 1. The maximum absolute atomic E-state index is 11.7. The third-order valence-corrected chi connectivity index (χ3v) is 5.47. The van der Waals surface area contributed by atoms with Crippen molar-refractivity contribution >= 4 is 18.3 Å². The van der Waals surface area contributed by atoms with Crippen molar-refractivity contribution in [3.05, 3.63) is 0 Å². The first-order valence-electron chi connectivity index (χ1n) is 6.36. The van der Waals surface area contributed by atoms with E-state index in [0.29, 0.717) is 23.4 Å². The summed E-state index contributed by atoms with van der Waals surface area (Å²) in [5, 5.41) is 6.11. The van der Waals surface area contributed by atoms with Gasteiger partial charge in [0.1, 0.15) is 0 Å². The summed E-state index contributed by atoms with van der Waals surface area (Å²) in [7, 11) is 1.81. The quantitative estimate of drug-likeness (QED) is 0.815. The highest BCUT2D eigenvalue weighted by Gasteiger charge is 2.61. The Morgan fingerprint density at radius 3 is 2.41 bits per heavy atom. The third-order valence-electron chi connectivity index (χ3n) is 5.47. The van der Waals surface area contributed by atoms with Crippen molar-refractivity contribution in [1.29, 1.82) is 0 Å². The van der Waals surface area contributed by atoms with Crippen molar-refractivity contribution in [1.82, 2.24) is 10.6 Å². The number of hydrogen-bond donors (Lipinski definition) is 2. The average molecular weight is 261 g/mol. The zero-order chi connectivity index (χ0) is 12.0. The molecule has 2 saturated carbocycles. The highest BCUT2D eigenvalue weighted by molar-refractivity contribution is 5.85. The van der Waals surface area contributed by atoms with Gasteiger partial charge in [0.15, 0.2) is 0 Å². The van der Waals surface area contributed by atoms with E-state index in [9.17, 15) is 4.79 Å². The molecule has 2 fully saturated rings. The number of rotatable bonds is 3. The molecule has 2 rings (SSSR count). The topological polar surface area (TPSA) is 41.1 Å². The molecule has 0 aromatic heterocycles. The number of carbonyl (C=O) groups excluding carboxylic acids is 1. The van der Waals surface area contributed by atoms with E-state index < -0.39 is 0 Å². The Labute approximate surface area is 111 Å². The molecule has 0 radical (unpaired) electrons. The van der Waals surface area contributed by atoms with E-state index in [1.54, 1.807) is 0 Å². The number of amides is 1. The lowest BCUT2D eigenvalue weighted by Gasteiger charge is -2.39. The molecule has 0 spiro atoms. The number of likely N-dealkylation sites (N-methyl/N-ethyl adjacent to an activating group) is 1. The second-order valence-electron chi connectivity index (χ2n) is 6.26. The lowest BCUT2D eigenvalue weighted by molar-refractivity contribution is -0.121. The highest BCUT2D eigenvalue weighted by Crippen LogP contribution is 2.65. The third kappa shape index (κ3) is 2.08. The fourth-order valence-corrected chi connectivity index (χ4v) is 3.83. The largest absolute Gasteiger partial charge is 0.352 e. The zero-order valence-corrected chi connectivity index (χ0v) is 12.1. The Balaban J connectivity index is 0.00000144. The van der Waals surface area contributed by atoms with Gasteiger partial charge in [-0.25, -0.2) is 0 Å². The van der Waals surface area contributed by atoms with Crippen molar-refractivity contribution in [2.75, 3.05) is 13.6 Å². The van der Waals surface area contributed by atoms with E-state index in [-0.39, 0.29) is 18.3 Å². The van der Waals surface area contributed by atoms with E-state index >= 15 is 0 Å². The molecule has 3 nitrogen and oxygen atoms in total. The van der Waals surface area contributed by atoms with Gasteiger partial charge in [-0.1, -0.05) is 20.8 Å². The number of hydrogen-bond acceptors (Lipinski definition) is 2. The molecule has 0 heterocycles. The van der Waals surface area contributed by atoms with Gasteiger partial charge in [0.25, 0.3) is 0 Å². The Morgan fingerprint density at radius 1 is 1.35 bits per heavy atom. The van der Waals surface area contributed by atoms with Gasteiger partial charge in [-0.3, -0.25) is 4.79 Å². The van der Waals surface area contributed by atoms with Crippen molar-refractivity contribution in [3.63, 3.8) is 0 Å². The van der Waals surface area contributed by atoms with E-state index in [0.717, 1.165) is 5.92 Å². The monoisotopic (exact) mass is 260 g/mol. The smallest absolute Gasteiger partial charge is 0.234 e. The van der Waals surface area contributed by atoms with Crippen LogP contribution >= 0.6 is 12.4 Å². The Bertz CT molecular complexity index is 306. The summed E-state index contributed by atoms with van der Waals surface area (Å²) in [4.78, 5) is 11.7. The SMILES string of the molecule is CNCC(=O)NC1CC2CCC1(C)C2(C)C.Cl. The lowest BCUT2D eigenvalue weighted by atomic mass is 9.69. The zero-order valence-electron chi connectivity index (χ0n) is 11.3.